The highest BCUT2D eigenvalue weighted by Crippen LogP contribution is 2.42. The number of thioether (sulfide) groups is 1. The predicted molar refractivity (Wildman–Crippen MR) is 106 cm³/mol. The van der Waals surface area contributed by atoms with Gasteiger partial charge in [-0.3, -0.25) is 4.99 Å². The molecule has 0 aromatic rings. The van der Waals surface area contributed by atoms with Crippen LogP contribution in [0.2, 0.25) is 0 Å². The molecule has 4 nitrogen and oxygen atoms in total. The third kappa shape index (κ3) is 4.23. The summed E-state index contributed by atoms with van der Waals surface area (Å²) >= 11 is 2.21. The first-order valence-electron chi connectivity index (χ1n) is 8.32. The standard InChI is InChI=1S/C16H29N3OS.HI/c1-15(12-20-13-15)10-18-14(17-2)19-8-9-21-16(11-19)6-4-3-5-7-16;/h3-13H2,1-2H3,(H,17,18);1H. The van der Waals surface area contributed by atoms with E-state index in [0.717, 1.165) is 32.3 Å². The van der Waals surface area contributed by atoms with Gasteiger partial charge in [0.05, 0.1) is 13.2 Å². The van der Waals surface area contributed by atoms with E-state index in [-0.39, 0.29) is 24.0 Å². The predicted octanol–water partition coefficient (Wildman–Crippen LogP) is 2.97. The average molecular weight is 439 g/mol. The molecule has 6 heteroatoms. The molecule has 2 heterocycles. The van der Waals surface area contributed by atoms with Crippen LogP contribution in [0.25, 0.3) is 0 Å². The summed E-state index contributed by atoms with van der Waals surface area (Å²) in [5, 5.41) is 3.59. The highest BCUT2D eigenvalue weighted by molar-refractivity contribution is 14.0. The summed E-state index contributed by atoms with van der Waals surface area (Å²) in [4.78, 5) is 7.02. The normalized spacial score (nSPS) is 27.0. The number of hydrogen-bond donors (Lipinski definition) is 1. The molecular weight excluding hydrogens is 409 g/mol. The number of hydrogen-bond acceptors (Lipinski definition) is 3. The van der Waals surface area contributed by atoms with Gasteiger partial charge in [-0.2, -0.15) is 11.8 Å². The first-order chi connectivity index (χ1) is 10.1. The lowest BCUT2D eigenvalue weighted by Crippen LogP contribution is -2.56. The molecule has 128 valence electrons. The van der Waals surface area contributed by atoms with E-state index in [4.69, 9.17) is 4.74 Å². The van der Waals surface area contributed by atoms with E-state index >= 15 is 0 Å². The van der Waals surface area contributed by atoms with E-state index in [1.165, 1.54) is 44.4 Å². The van der Waals surface area contributed by atoms with Crippen LogP contribution in [-0.4, -0.2) is 61.3 Å². The second kappa shape index (κ2) is 7.92. The third-order valence-electron chi connectivity index (χ3n) is 5.10. The van der Waals surface area contributed by atoms with Gasteiger partial charge in [0.1, 0.15) is 0 Å². The molecule has 0 aromatic heterocycles. The van der Waals surface area contributed by atoms with Crippen molar-refractivity contribution in [1.29, 1.82) is 0 Å². The molecule has 1 saturated carbocycles. The summed E-state index contributed by atoms with van der Waals surface area (Å²) in [7, 11) is 1.91. The van der Waals surface area contributed by atoms with Crippen LogP contribution in [0.3, 0.4) is 0 Å². The van der Waals surface area contributed by atoms with Gasteiger partial charge in [-0.15, -0.1) is 24.0 Å². The summed E-state index contributed by atoms with van der Waals surface area (Å²) in [5.74, 6) is 2.33. The molecule has 1 spiro atoms. The second-order valence-electron chi connectivity index (χ2n) is 7.22. The van der Waals surface area contributed by atoms with Gasteiger partial charge in [0, 0.05) is 42.6 Å². The first-order valence-corrected chi connectivity index (χ1v) is 9.31. The minimum atomic E-state index is 0. The Bertz CT molecular complexity index is 389. The number of guanidine groups is 1. The number of nitrogens with one attached hydrogen (secondary N) is 1. The fourth-order valence-electron chi connectivity index (χ4n) is 3.70. The third-order valence-corrected chi connectivity index (χ3v) is 6.64. The Balaban J connectivity index is 0.00000176. The van der Waals surface area contributed by atoms with Crippen LogP contribution in [0.5, 0.6) is 0 Å². The summed E-state index contributed by atoms with van der Waals surface area (Å²) in [5.41, 5.74) is 0.295. The quantitative estimate of drug-likeness (QED) is 0.408. The minimum Gasteiger partial charge on any atom is -0.380 e. The van der Waals surface area contributed by atoms with Gasteiger partial charge in [0.15, 0.2) is 5.96 Å². The van der Waals surface area contributed by atoms with Gasteiger partial charge in [-0.25, -0.2) is 0 Å². The van der Waals surface area contributed by atoms with Crippen LogP contribution in [0.15, 0.2) is 4.99 Å². The maximum atomic E-state index is 5.34. The molecule has 0 atom stereocenters. The fraction of sp³-hybridized carbons (Fsp3) is 0.938. The van der Waals surface area contributed by atoms with Crippen molar-refractivity contribution in [3.05, 3.63) is 0 Å². The Morgan fingerprint density at radius 2 is 2.00 bits per heavy atom. The van der Waals surface area contributed by atoms with Crippen LogP contribution in [0.1, 0.15) is 39.0 Å². The lowest BCUT2D eigenvalue weighted by Gasteiger charge is -2.46. The zero-order valence-electron chi connectivity index (χ0n) is 13.9. The summed E-state index contributed by atoms with van der Waals surface area (Å²) < 4.78 is 5.84. The van der Waals surface area contributed by atoms with Crippen molar-refractivity contribution in [3.8, 4) is 0 Å². The maximum absolute atomic E-state index is 5.34. The zero-order chi connectivity index (χ0) is 14.8. The van der Waals surface area contributed by atoms with E-state index in [9.17, 15) is 0 Å². The van der Waals surface area contributed by atoms with Gasteiger partial charge < -0.3 is 15.0 Å². The Hall–Kier alpha value is 0.310. The highest BCUT2D eigenvalue weighted by atomic mass is 127. The largest absolute Gasteiger partial charge is 0.380 e. The van der Waals surface area contributed by atoms with E-state index < -0.39 is 0 Å². The van der Waals surface area contributed by atoms with Crippen molar-refractivity contribution in [1.82, 2.24) is 10.2 Å². The van der Waals surface area contributed by atoms with Crippen molar-refractivity contribution < 1.29 is 4.74 Å². The van der Waals surface area contributed by atoms with Gasteiger partial charge in [0.25, 0.3) is 0 Å². The smallest absolute Gasteiger partial charge is 0.193 e. The van der Waals surface area contributed by atoms with Gasteiger partial charge in [0.2, 0.25) is 0 Å². The lowest BCUT2D eigenvalue weighted by molar-refractivity contribution is -0.0972. The van der Waals surface area contributed by atoms with Crippen LogP contribution in [0.4, 0.5) is 0 Å². The van der Waals surface area contributed by atoms with E-state index in [2.05, 4.69) is 33.9 Å². The molecule has 1 aliphatic carbocycles. The Morgan fingerprint density at radius 1 is 1.27 bits per heavy atom. The average Bonchev–Trinajstić information content (AvgIpc) is 2.47. The minimum absolute atomic E-state index is 0. The van der Waals surface area contributed by atoms with Crippen molar-refractivity contribution in [2.75, 3.05) is 45.6 Å². The van der Waals surface area contributed by atoms with Crippen molar-refractivity contribution >= 4 is 41.7 Å². The SMILES string of the molecule is CN=C(NCC1(C)COC1)N1CCSC2(CCCCC2)C1.I. The van der Waals surface area contributed by atoms with Crippen molar-refractivity contribution in [2.24, 2.45) is 10.4 Å². The number of aliphatic imine (C=N–C) groups is 1. The molecule has 3 fully saturated rings. The number of nitrogens with zero attached hydrogens (tertiary/aromatic N) is 2. The molecule has 3 aliphatic rings. The van der Waals surface area contributed by atoms with Crippen molar-refractivity contribution in [2.45, 2.75) is 43.8 Å². The van der Waals surface area contributed by atoms with Crippen LogP contribution in [0, 0.1) is 5.41 Å². The van der Waals surface area contributed by atoms with Gasteiger partial charge >= 0.3 is 0 Å². The molecule has 0 amide bonds. The molecule has 0 unspecified atom stereocenters. The van der Waals surface area contributed by atoms with E-state index in [1.807, 2.05) is 7.05 Å². The Morgan fingerprint density at radius 3 is 2.59 bits per heavy atom. The maximum Gasteiger partial charge on any atom is 0.193 e. The second-order valence-corrected chi connectivity index (χ2v) is 8.78. The van der Waals surface area contributed by atoms with Crippen LogP contribution < -0.4 is 5.32 Å². The summed E-state index contributed by atoms with van der Waals surface area (Å²) in [6.45, 7) is 7.29. The van der Waals surface area contributed by atoms with Crippen LogP contribution in [-0.2, 0) is 4.74 Å². The van der Waals surface area contributed by atoms with Gasteiger partial charge in [-0.05, 0) is 12.8 Å². The topological polar surface area (TPSA) is 36.9 Å². The van der Waals surface area contributed by atoms with E-state index in [0.29, 0.717) is 10.2 Å². The highest BCUT2D eigenvalue weighted by Gasteiger charge is 2.39. The Kier molecular flexibility index (Phi) is 6.71. The molecule has 0 radical (unpaired) electrons. The molecule has 3 rings (SSSR count). The zero-order valence-corrected chi connectivity index (χ0v) is 17.0. The van der Waals surface area contributed by atoms with Crippen molar-refractivity contribution in [3.63, 3.8) is 0 Å². The first kappa shape index (κ1) is 18.6. The molecule has 0 bridgehead atoms. The number of ether oxygens (including phenoxy) is 1. The van der Waals surface area contributed by atoms with Crippen LogP contribution >= 0.6 is 35.7 Å². The van der Waals surface area contributed by atoms with Gasteiger partial charge in [-0.1, -0.05) is 26.2 Å². The lowest BCUT2D eigenvalue weighted by atomic mass is 9.87. The molecular formula is C16H30IN3OS. The number of rotatable bonds is 2. The fourth-order valence-corrected chi connectivity index (χ4v) is 5.27. The van der Waals surface area contributed by atoms with E-state index in [1.54, 1.807) is 0 Å². The Labute approximate surface area is 156 Å². The molecule has 1 N–H and O–H groups in total. The molecule has 22 heavy (non-hydrogen) atoms. The summed E-state index contributed by atoms with van der Waals surface area (Å²) in [6.07, 6.45) is 7.01. The molecule has 0 aromatic carbocycles. The molecule has 2 aliphatic heterocycles. The monoisotopic (exact) mass is 439 g/mol. The summed E-state index contributed by atoms with van der Waals surface area (Å²) in [6, 6.07) is 0. The number of halogens is 1. The molecule has 2 saturated heterocycles.